The Morgan fingerprint density at radius 2 is 2.03 bits per heavy atom. The summed E-state index contributed by atoms with van der Waals surface area (Å²) in [5.41, 5.74) is 4.20. The Kier molecular flexibility index (Phi) is 4.57. The van der Waals surface area contributed by atoms with Crippen LogP contribution in [0.25, 0.3) is 21.6 Å². The monoisotopic (exact) mass is 434 g/mol. The molecule has 9 heteroatoms. The van der Waals surface area contributed by atoms with Gasteiger partial charge in [0.2, 0.25) is 0 Å². The van der Waals surface area contributed by atoms with Gasteiger partial charge in [-0.05, 0) is 42.0 Å². The molecular weight excluding hydrogens is 412 g/mol. The van der Waals surface area contributed by atoms with E-state index in [0.29, 0.717) is 24.5 Å². The molecule has 0 radical (unpaired) electrons. The van der Waals surface area contributed by atoms with E-state index in [0.717, 1.165) is 53.9 Å². The van der Waals surface area contributed by atoms with Gasteiger partial charge in [0.05, 0.1) is 35.1 Å². The average Bonchev–Trinajstić information content (AvgIpc) is 3.56. The number of rotatable bonds is 4. The first-order chi connectivity index (χ1) is 15.3. The largest absolute Gasteiger partial charge is 0.379 e. The van der Waals surface area contributed by atoms with Crippen LogP contribution >= 0.6 is 11.3 Å². The molecular formula is C22H22N6O2S. The maximum atomic E-state index is 13.1. The molecule has 158 valence electrons. The first-order valence-electron chi connectivity index (χ1n) is 10.6. The molecule has 0 N–H and O–H groups in total. The molecule has 0 saturated carbocycles. The summed E-state index contributed by atoms with van der Waals surface area (Å²) in [5, 5.41) is 17.8. The molecule has 8 nitrogen and oxygen atoms in total. The van der Waals surface area contributed by atoms with E-state index in [9.17, 15) is 4.79 Å². The highest BCUT2D eigenvalue weighted by Crippen LogP contribution is 2.31. The number of anilines is 1. The zero-order valence-electron chi connectivity index (χ0n) is 17.0. The first-order valence-corrected chi connectivity index (χ1v) is 11.5. The highest BCUT2D eigenvalue weighted by Gasteiger charge is 2.27. The summed E-state index contributed by atoms with van der Waals surface area (Å²) in [7, 11) is 0. The third kappa shape index (κ3) is 3.24. The van der Waals surface area contributed by atoms with Gasteiger partial charge in [-0.25, -0.2) is 4.68 Å². The van der Waals surface area contributed by atoms with Crippen molar-refractivity contribution in [2.75, 3.05) is 24.8 Å². The molecule has 6 rings (SSSR count). The summed E-state index contributed by atoms with van der Waals surface area (Å²) >= 11 is 1.60. The summed E-state index contributed by atoms with van der Waals surface area (Å²) in [6.07, 6.45) is 4.78. The van der Waals surface area contributed by atoms with E-state index in [2.05, 4.69) is 34.5 Å². The fourth-order valence-electron chi connectivity index (χ4n) is 4.33. The number of hydrogen-bond acceptors (Lipinski definition) is 7. The molecule has 1 saturated heterocycles. The van der Waals surface area contributed by atoms with Crippen molar-refractivity contribution >= 4 is 33.5 Å². The quantitative estimate of drug-likeness (QED) is 0.492. The molecule has 2 aromatic rings. The van der Waals surface area contributed by atoms with Gasteiger partial charge in [0.25, 0.3) is 5.56 Å². The third-order valence-corrected chi connectivity index (χ3v) is 6.85. The van der Waals surface area contributed by atoms with E-state index in [1.165, 1.54) is 0 Å². The first kappa shape index (κ1) is 18.7. The third-order valence-electron chi connectivity index (χ3n) is 5.94. The number of aromatic nitrogens is 4. The average molecular weight is 435 g/mol. The molecule has 31 heavy (non-hydrogen) atoms. The summed E-state index contributed by atoms with van der Waals surface area (Å²) in [4.78, 5) is 13.1. The van der Waals surface area contributed by atoms with Crippen LogP contribution < -0.4 is 10.6 Å². The van der Waals surface area contributed by atoms with Gasteiger partial charge in [0, 0.05) is 25.8 Å². The number of ether oxygens (including phenoxy) is 1. The van der Waals surface area contributed by atoms with Crippen molar-refractivity contribution in [3.05, 3.63) is 51.6 Å². The van der Waals surface area contributed by atoms with Crippen LogP contribution in [0.2, 0.25) is 0 Å². The van der Waals surface area contributed by atoms with Gasteiger partial charge in [0.15, 0.2) is 5.69 Å². The molecule has 1 unspecified atom stereocenters. The molecule has 1 atom stereocenters. The van der Waals surface area contributed by atoms with E-state index in [-0.39, 0.29) is 11.6 Å². The standard InChI is InChI=1S/C22H22N6O2S/c29-22-20-19(25-28(22)17-3-1-11-30-14-17)21-18(8-12-31-21)27(24-20)13-15-4-6-16(7-5-15)26-10-2-9-23-26/h4-9,12,17H,1-3,10-11,13-14H2. The van der Waals surface area contributed by atoms with Gasteiger partial charge in [0.1, 0.15) is 5.69 Å². The second-order valence-corrected chi connectivity index (χ2v) is 8.90. The van der Waals surface area contributed by atoms with E-state index in [1.807, 2.05) is 27.4 Å². The van der Waals surface area contributed by atoms with Crippen LogP contribution in [0.5, 0.6) is 0 Å². The van der Waals surface area contributed by atoms with Crippen LogP contribution in [0.15, 0.2) is 45.6 Å². The Labute approximate surface area is 182 Å². The lowest BCUT2D eigenvalue weighted by Crippen LogP contribution is -2.29. The maximum Gasteiger partial charge on any atom is 0.297 e. The molecule has 4 aliphatic rings. The van der Waals surface area contributed by atoms with Gasteiger partial charge in [-0.3, -0.25) is 14.5 Å². The van der Waals surface area contributed by atoms with Crippen LogP contribution in [0.1, 0.15) is 30.9 Å². The maximum absolute atomic E-state index is 13.1. The molecule has 0 aliphatic carbocycles. The summed E-state index contributed by atoms with van der Waals surface area (Å²) in [6, 6.07) is 10.4. The minimum absolute atomic E-state index is 0.0142. The van der Waals surface area contributed by atoms with Gasteiger partial charge in [-0.2, -0.15) is 15.3 Å². The van der Waals surface area contributed by atoms with Crippen molar-refractivity contribution in [1.82, 2.24) is 19.6 Å². The molecule has 0 amide bonds. The van der Waals surface area contributed by atoms with Gasteiger partial charge in [-0.15, -0.1) is 11.3 Å². The predicted octanol–water partition coefficient (Wildman–Crippen LogP) is 3.36. The molecule has 0 bridgehead atoms. The zero-order valence-corrected chi connectivity index (χ0v) is 17.8. The van der Waals surface area contributed by atoms with Crippen molar-refractivity contribution < 1.29 is 4.74 Å². The van der Waals surface area contributed by atoms with E-state index < -0.39 is 0 Å². The summed E-state index contributed by atoms with van der Waals surface area (Å²) in [5.74, 6) is 0. The van der Waals surface area contributed by atoms with Gasteiger partial charge >= 0.3 is 0 Å². The zero-order chi connectivity index (χ0) is 20.8. The lowest BCUT2D eigenvalue weighted by atomic mass is 10.1. The Morgan fingerprint density at radius 1 is 1.13 bits per heavy atom. The van der Waals surface area contributed by atoms with Crippen molar-refractivity contribution in [3.8, 4) is 11.4 Å². The van der Waals surface area contributed by atoms with Crippen LogP contribution in [-0.4, -0.2) is 45.5 Å². The van der Waals surface area contributed by atoms with E-state index >= 15 is 0 Å². The van der Waals surface area contributed by atoms with Crippen molar-refractivity contribution in [3.63, 3.8) is 0 Å². The minimum atomic E-state index is -0.128. The number of thiophene rings is 1. The molecule has 1 aromatic carbocycles. The molecule has 4 aliphatic heterocycles. The second-order valence-electron chi connectivity index (χ2n) is 7.99. The highest BCUT2D eigenvalue weighted by atomic mass is 32.1. The Morgan fingerprint density at radius 3 is 2.81 bits per heavy atom. The molecule has 5 heterocycles. The minimum Gasteiger partial charge on any atom is -0.379 e. The van der Waals surface area contributed by atoms with E-state index in [1.54, 1.807) is 16.0 Å². The normalized spacial score (nSPS) is 19.1. The van der Waals surface area contributed by atoms with Crippen molar-refractivity contribution in [1.29, 1.82) is 0 Å². The van der Waals surface area contributed by atoms with E-state index in [4.69, 9.17) is 9.84 Å². The lowest BCUT2D eigenvalue weighted by Gasteiger charge is -2.21. The van der Waals surface area contributed by atoms with Crippen LogP contribution in [-0.2, 0) is 11.3 Å². The fraction of sp³-hybridized carbons (Fsp3) is 0.364. The van der Waals surface area contributed by atoms with Crippen LogP contribution in [0, 0.1) is 0 Å². The highest BCUT2D eigenvalue weighted by molar-refractivity contribution is 7.17. The van der Waals surface area contributed by atoms with Crippen LogP contribution in [0.3, 0.4) is 0 Å². The summed E-state index contributed by atoms with van der Waals surface area (Å²) in [6.45, 7) is 2.79. The molecule has 1 aromatic heterocycles. The molecule has 0 spiro atoms. The van der Waals surface area contributed by atoms with Crippen molar-refractivity contribution in [2.45, 2.75) is 31.8 Å². The Hall–Kier alpha value is -3.04. The number of hydrogen-bond donors (Lipinski definition) is 0. The van der Waals surface area contributed by atoms with Gasteiger partial charge < -0.3 is 4.74 Å². The van der Waals surface area contributed by atoms with Crippen molar-refractivity contribution in [2.24, 2.45) is 5.10 Å². The van der Waals surface area contributed by atoms with Gasteiger partial charge in [-0.1, -0.05) is 12.1 Å². The topological polar surface area (TPSA) is 77.5 Å². The SMILES string of the molecule is O=c1c2nn(Cc3ccc(N4CCC=N4)cc3)c3ccsc3c-2nn1C1CCCOC1. The van der Waals surface area contributed by atoms with Crippen LogP contribution in [0.4, 0.5) is 5.69 Å². The predicted molar refractivity (Wildman–Crippen MR) is 121 cm³/mol. The second kappa shape index (κ2) is 7.58. The molecule has 1 fully saturated rings. The Bertz CT molecular complexity index is 1280. The smallest absolute Gasteiger partial charge is 0.297 e. The number of fused-ring (bicyclic) bond motifs is 3. The summed E-state index contributed by atoms with van der Waals surface area (Å²) < 4.78 is 10.1. The Balaban J connectivity index is 1.38. The lowest BCUT2D eigenvalue weighted by molar-refractivity contribution is 0.0540. The number of hydrazone groups is 1. The number of nitrogens with zero attached hydrogens (tertiary/aromatic N) is 6. The number of benzene rings is 1. The fourth-order valence-corrected chi connectivity index (χ4v) is 5.21.